The van der Waals surface area contributed by atoms with Crippen LogP contribution in [0.2, 0.25) is 0 Å². The maximum atomic E-state index is 9.20. The molecule has 0 saturated carbocycles. The molecule has 0 aromatic rings. The van der Waals surface area contributed by atoms with E-state index in [9.17, 15) is 5.11 Å². The Labute approximate surface area is 159 Å². The van der Waals surface area contributed by atoms with Crippen LogP contribution in [0.1, 0.15) is 136 Å². The Kier molecular flexibility index (Phi) is 21.5. The minimum atomic E-state index is -0.106. The van der Waals surface area contributed by atoms with Crippen molar-refractivity contribution < 1.29 is 5.11 Å². The Morgan fingerprint density at radius 3 is 1.32 bits per heavy atom. The van der Waals surface area contributed by atoms with Crippen LogP contribution >= 0.6 is 0 Å². The van der Waals surface area contributed by atoms with E-state index in [1.165, 1.54) is 116 Å². The maximum absolute atomic E-state index is 9.20. The average Bonchev–Trinajstić information content (AvgIpc) is 2.60. The Hall–Kier alpha value is -0.300. The highest BCUT2D eigenvalue weighted by atomic mass is 16.3. The first-order chi connectivity index (χ1) is 12.3. The summed E-state index contributed by atoms with van der Waals surface area (Å²) in [6.07, 6.45) is 30.5. The van der Waals surface area contributed by atoms with Crippen molar-refractivity contribution in [2.75, 3.05) is 0 Å². The van der Waals surface area contributed by atoms with Crippen molar-refractivity contribution in [3.63, 3.8) is 0 Å². The monoisotopic (exact) mass is 352 g/mol. The standard InChI is InChI=1S/C24H48O/c1-3-4-5-6-7-8-9-10-11-12-13-14-15-16-17-18-19-20-21-22-23-24(2)25/h10-11,24-25H,3-9,12-23H2,1-2H3/b11-10-. The van der Waals surface area contributed by atoms with Gasteiger partial charge >= 0.3 is 0 Å². The van der Waals surface area contributed by atoms with Crippen LogP contribution < -0.4 is 0 Å². The molecule has 0 spiro atoms. The fourth-order valence-corrected chi connectivity index (χ4v) is 3.39. The van der Waals surface area contributed by atoms with Crippen molar-refractivity contribution in [1.82, 2.24) is 0 Å². The van der Waals surface area contributed by atoms with Gasteiger partial charge in [-0.3, -0.25) is 0 Å². The molecule has 0 heterocycles. The average molecular weight is 353 g/mol. The van der Waals surface area contributed by atoms with Gasteiger partial charge in [0.1, 0.15) is 0 Å². The van der Waals surface area contributed by atoms with Gasteiger partial charge in [-0.25, -0.2) is 0 Å². The summed E-state index contributed by atoms with van der Waals surface area (Å²) in [5.41, 5.74) is 0. The van der Waals surface area contributed by atoms with E-state index in [1.807, 2.05) is 6.92 Å². The first-order valence-corrected chi connectivity index (χ1v) is 11.6. The van der Waals surface area contributed by atoms with Gasteiger partial charge < -0.3 is 5.11 Å². The molecule has 0 radical (unpaired) electrons. The first-order valence-electron chi connectivity index (χ1n) is 11.6. The number of rotatable bonds is 20. The van der Waals surface area contributed by atoms with Gasteiger partial charge in [-0.2, -0.15) is 0 Å². The minimum Gasteiger partial charge on any atom is -0.393 e. The fourth-order valence-electron chi connectivity index (χ4n) is 3.39. The van der Waals surface area contributed by atoms with Crippen molar-refractivity contribution in [1.29, 1.82) is 0 Å². The Bertz CT molecular complexity index is 257. The van der Waals surface area contributed by atoms with E-state index in [-0.39, 0.29) is 6.10 Å². The highest BCUT2D eigenvalue weighted by Crippen LogP contribution is 2.13. The summed E-state index contributed by atoms with van der Waals surface area (Å²) >= 11 is 0. The zero-order valence-corrected chi connectivity index (χ0v) is 17.6. The molecular weight excluding hydrogens is 304 g/mol. The molecule has 1 atom stereocenters. The molecule has 0 aliphatic rings. The highest BCUT2D eigenvalue weighted by Gasteiger charge is 1.96. The highest BCUT2D eigenvalue weighted by molar-refractivity contribution is 4.81. The number of allylic oxidation sites excluding steroid dienone is 2. The molecule has 0 saturated heterocycles. The number of aliphatic hydroxyl groups is 1. The van der Waals surface area contributed by atoms with Gasteiger partial charge in [-0.05, 0) is 39.0 Å². The quantitative estimate of drug-likeness (QED) is 0.172. The smallest absolute Gasteiger partial charge is 0.0512 e. The van der Waals surface area contributed by atoms with Crippen LogP contribution in [0.25, 0.3) is 0 Å². The van der Waals surface area contributed by atoms with Crippen LogP contribution in [-0.2, 0) is 0 Å². The molecule has 0 aromatic carbocycles. The van der Waals surface area contributed by atoms with E-state index in [0.29, 0.717) is 0 Å². The molecule has 150 valence electrons. The zero-order valence-electron chi connectivity index (χ0n) is 17.6. The van der Waals surface area contributed by atoms with Crippen molar-refractivity contribution in [2.45, 2.75) is 142 Å². The lowest BCUT2D eigenvalue weighted by atomic mass is 10.0. The molecular formula is C24H48O. The van der Waals surface area contributed by atoms with Gasteiger partial charge in [0, 0.05) is 0 Å². The predicted octanol–water partition coefficient (Wildman–Crippen LogP) is 8.36. The molecule has 0 aliphatic heterocycles. The summed E-state index contributed by atoms with van der Waals surface area (Å²) in [4.78, 5) is 0. The minimum absolute atomic E-state index is 0.106. The first kappa shape index (κ1) is 24.7. The lowest BCUT2D eigenvalue weighted by molar-refractivity contribution is 0.180. The molecule has 0 fully saturated rings. The van der Waals surface area contributed by atoms with Gasteiger partial charge in [0.25, 0.3) is 0 Å². The summed E-state index contributed by atoms with van der Waals surface area (Å²) in [5, 5.41) is 9.20. The Morgan fingerprint density at radius 2 is 0.920 bits per heavy atom. The second-order valence-electron chi connectivity index (χ2n) is 7.99. The van der Waals surface area contributed by atoms with Crippen LogP contribution in [0.3, 0.4) is 0 Å². The third kappa shape index (κ3) is 23.7. The Balaban J connectivity index is 3.05. The van der Waals surface area contributed by atoms with Crippen molar-refractivity contribution in [3.8, 4) is 0 Å². The topological polar surface area (TPSA) is 20.2 Å². The van der Waals surface area contributed by atoms with E-state index < -0.39 is 0 Å². The largest absolute Gasteiger partial charge is 0.393 e. The number of unbranched alkanes of at least 4 members (excludes halogenated alkanes) is 16. The second kappa shape index (κ2) is 21.7. The van der Waals surface area contributed by atoms with Crippen LogP contribution in [-0.4, -0.2) is 11.2 Å². The van der Waals surface area contributed by atoms with Crippen LogP contribution in [0.4, 0.5) is 0 Å². The molecule has 25 heavy (non-hydrogen) atoms. The molecule has 0 rings (SSSR count). The number of hydrogen-bond acceptors (Lipinski definition) is 1. The van der Waals surface area contributed by atoms with Crippen LogP contribution in [0.5, 0.6) is 0 Å². The van der Waals surface area contributed by atoms with Gasteiger partial charge in [0.05, 0.1) is 6.10 Å². The maximum Gasteiger partial charge on any atom is 0.0512 e. The van der Waals surface area contributed by atoms with Gasteiger partial charge in [-0.15, -0.1) is 0 Å². The van der Waals surface area contributed by atoms with E-state index >= 15 is 0 Å². The lowest BCUT2D eigenvalue weighted by Crippen LogP contribution is -1.98. The molecule has 0 aromatic heterocycles. The van der Waals surface area contributed by atoms with Gasteiger partial charge in [0.15, 0.2) is 0 Å². The summed E-state index contributed by atoms with van der Waals surface area (Å²) in [6, 6.07) is 0. The molecule has 0 bridgehead atoms. The Morgan fingerprint density at radius 1 is 0.560 bits per heavy atom. The lowest BCUT2D eigenvalue weighted by Gasteiger charge is -2.04. The van der Waals surface area contributed by atoms with Crippen LogP contribution in [0, 0.1) is 0 Å². The number of hydrogen-bond donors (Lipinski definition) is 1. The molecule has 1 unspecified atom stereocenters. The molecule has 1 heteroatoms. The normalized spacial score (nSPS) is 12.9. The third-order valence-electron chi connectivity index (χ3n) is 5.13. The summed E-state index contributed by atoms with van der Waals surface area (Å²) in [5.74, 6) is 0. The van der Waals surface area contributed by atoms with Crippen LogP contribution in [0.15, 0.2) is 12.2 Å². The van der Waals surface area contributed by atoms with E-state index in [2.05, 4.69) is 19.1 Å². The summed E-state index contributed by atoms with van der Waals surface area (Å²) in [6.45, 7) is 4.18. The van der Waals surface area contributed by atoms with E-state index in [4.69, 9.17) is 0 Å². The van der Waals surface area contributed by atoms with Gasteiger partial charge in [-0.1, -0.05) is 109 Å². The van der Waals surface area contributed by atoms with Crippen molar-refractivity contribution in [3.05, 3.63) is 12.2 Å². The predicted molar refractivity (Wildman–Crippen MR) is 114 cm³/mol. The van der Waals surface area contributed by atoms with E-state index in [0.717, 1.165) is 6.42 Å². The van der Waals surface area contributed by atoms with Gasteiger partial charge in [0.2, 0.25) is 0 Å². The summed E-state index contributed by atoms with van der Waals surface area (Å²) < 4.78 is 0. The SMILES string of the molecule is CCCCCCCC/C=C\CCCCCCCCCCCCC(C)O. The molecule has 0 amide bonds. The van der Waals surface area contributed by atoms with Crippen molar-refractivity contribution >= 4 is 0 Å². The van der Waals surface area contributed by atoms with Crippen molar-refractivity contribution in [2.24, 2.45) is 0 Å². The van der Waals surface area contributed by atoms with E-state index in [1.54, 1.807) is 0 Å². The molecule has 1 nitrogen and oxygen atoms in total. The summed E-state index contributed by atoms with van der Waals surface area (Å²) in [7, 11) is 0. The molecule has 0 aliphatic carbocycles. The molecule has 1 N–H and O–H groups in total. The zero-order chi connectivity index (χ0) is 18.4. The second-order valence-corrected chi connectivity index (χ2v) is 7.99. The number of aliphatic hydroxyl groups excluding tert-OH is 1. The fraction of sp³-hybridized carbons (Fsp3) is 0.917. The third-order valence-corrected chi connectivity index (χ3v) is 5.13.